The summed E-state index contributed by atoms with van der Waals surface area (Å²) in [5.41, 5.74) is 5.65. The van der Waals surface area contributed by atoms with Gasteiger partial charge in [-0.2, -0.15) is 9.97 Å². The quantitative estimate of drug-likeness (QED) is 0.704. The van der Waals surface area contributed by atoms with E-state index in [1.54, 1.807) is 27.1 Å². The van der Waals surface area contributed by atoms with Gasteiger partial charge in [-0.3, -0.25) is 4.79 Å². The largest absolute Gasteiger partial charge is 0.370 e. The Bertz CT molecular complexity index is 434. The fraction of sp³-hybridized carbons (Fsp3) is 0.583. The van der Waals surface area contributed by atoms with Crippen molar-refractivity contribution in [2.75, 3.05) is 37.0 Å². The number of nitrogens with zero attached hydrogens (tertiary/aromatic N) is 3. The summed E-state index contributed by atoms with van der Waals surface area (Å²) in [4.78, 5) is 21.4. The van der Waals surface area contributed by atoms with Crippen LogP contribution in [-0.4, -0.2) is 47.5 Å². The van der Waals surface area contributed by atoms with Crippen LogP contribution in [0.5, 0.6) is 0 Å². The van der Waals surface area contributed by atoms with Gasteiger partial charge in [-0.1, -0.05) is 6.92 Å². The van der Waals surface area contributed by atoms with Gasteiger partial charge in [0.15, 0.2) is 0 Å². The van der Waals surface area contributed by atoms with E-state index in [0.29, 0.717) is 11.6 Å². The van der Waals surface area contributed by atoms with Gasteiger partial charge in [0, 0.05) is 26.7 Å². The van der Waals surface area contributed by atoms with Crippen molar-refractivity contribution in [2.45, 2.75) is 26.3 Å². The monoisotopic (exact) mass is 266 g/mol. The number of aromatic nitrogens is 2. The van der Waals surface area contributed by atoms with Crippen LogP contribution in [0.4, 0.5) is 17.6 Å². The predicted molar refractivity (Wildman–Crippen MR) is 77.0 cm³/mol. The molecule has 1 aromatic heterocycles. The highest BCUT2D eigenvalue weighted by Gasteiger charge is 2.15. The highest BCUT2D eigenvalue weighted by molar-refractivity contribution is 5.83. The summed E-state index contributed by atoms with van der Waals surface area (Å²) in [7, 11) is 3.42. The van der Waals surface area contributed by atoms with Crippen LogP contribution >= 0.6 is 0 Å². The summed E-state index contributed by atoms with van der Waals surface area (Å²) in [6, 6.07) is 1.37. The van der Waals surface area contributed by atoms with Crippen molar-refractivity contribution < 1.29 is 4.79 Å². The van der Waals surface area contributed by atoms with Crippen molar-refractivity contribution in [1.29, 1.82) is 0 Å². The Balaban J connectivity index is 2.77. The van der Waals surface area contributed by atoms with E-state index in [1.165, 1.54) is 4.90 Å². The minimum absolute atomic E-state index is 0.0275. The van der Waals surface area contributed by atoms with Crippen LogP contribution in [0, 0.1) is 0 Å². The first-order valence-electron chi connectivity index (χ1n) is 6.30. The third-order valence-electron chi connectivity index (χ3n) is 2.48. The molecule has 1 aromatic rings. The standard InChI is InChI=1S/C12H22N6O/c1-5-6-14-9-7-10(17-12(13)16-9)15-8(2)11(19)18(3)4/h7-8H,5-6H2,1-4H3,(H4,13,14,15,16,17). The zero-order valence-electron chi connectivity index (χ0n) is 11.9. The first-order chi connectivity index (χ1) is 8.93. The maximum Gasteiger partial charge on any atom is 0.244 e. The number of likely N-dealkylation sites (N-methyl/N-ethyl adjacent to an activating group) is 1. The predicted octanol–water partition coefficient (Wildman–Crippen LogP) is 0.769. The maximum atomic E-state index is 11.8. The van der Waals surface area contributed by atoms with E-state index in [1.807, 2.05) is 0 Å². The molecular weight excluding hydrogens is 244 g/mol. The number of hydrogen-bond donors (Lipinski definition) is 3. The SMILES string of the molecule is CCCNc1cc(NC(C)C(=O)N(C)C)nc(N)n1. The van der Waals surface area contributed by atoms with Gasteiger partial charge in [0.25, 0.3) is 0 Å². The van der Waals surface area contributed by atoms with Crippen LogP contribution < -0.4 is 16.4 Å². The Morgan fingerprint density at radius 3 is 2.63 bits per heavy atom. The summed E-state index contributed by atoms with van der Waals surface area (Å²) >= 11 is 0. The van der Waals surface area contributed by atoms with E-state index < -0.39 is 0 Å². The Hall–Kier alpha value is -2.05. The molecule has 1 rings (SSSR count). The Morgan fingerprint density at radius 1 is 1.42 bits per heavy atom. The molecule has 4 N–H and O–H groups in total. The molecule has 0 aliphatic rings. The number of amides is 1. The summed E-state index contributed by atoms with van der Waals surface area (Å²) in [5, 5.41) is 6.15. The number of nitrogens with two attached hydrogens (primary N) is 1. The number of carbonyl (C=O) groups excluding carboxylic acids is 1. The molecule has 0 saturated heterocycles. The average molecular weight is 266 g/mol. The molecule has 7 heteroatoms. The molecule has 1 atom stereocenters. The summed E-state index contributed by atoms with van der Waals surface area (Å²) in [5.74, 6) is 1.34. The van der Waals surface area contributed by atoms with Gasteiger partial charge in [-0.15, -0.1) is 0 Å². The van der Waals surface area contributed by atoms with E-state index >= 15 is 0 Å². The molecule has 1 unspecified atom stereocenters. The van der Waals surface area contributed by atoms with E-state index in [0.717, 1.165) is 13.0 Å². The second-order valence-corrected chi connectivity index (χ2v) is 4.52. The van der Waals surface area contributed by atoms with Crippen LogP contribution in [-0.2, 0) is 4.79 Å². The molecule has 0 aliphatic carbocycles. The minimum atomic E-state index is -0.372. The van der Waals surface area contributed by atoms with Crippen molar-refractivity contribution in [3.8, 4) is 0 Å². The smallest absolute Gasteiger partial charge is 0.244 e. The van der Waals surface area contributed by atoms with Gasteiger partial charge in [-0.25, -0.2) is 0 Å². The second kappa shape index (κ2) is 6.77. The lowest BCUT2D eigenvalue weighted by Crippen LogP contribution is -2.36. The molecule has 0 saturated carbocycles. The molecule has 1 heterocycles. The fourth-order valence-electron chi connectivity index (χ4n) is 1.55. The third kappa shape index (κ3) is 4.61. The summed E-state index contributed by atoms with van der Waals surface area (Å²) in [6.07, 6.45) is 0.988. The van der Waals surface area contributed by atoms with Gasteiger partial charge < -0.3 is 21.3 Å². The number of carbonyl (C=O) groups is 1. The van der Waals surface area contributed by atoms with Gasteiger partial charge in [0.05, 0.1) is 0 Å². The van der Waals surface area contributed by atoms with Crippen LogP contribution in [0.25, 0.3) is 0 Å². The van der Waals surface area contributed by atoms with Gasteiger partial charge in [0.1, 0.15) is 17.7 Å². The van der Waals surface area contributed by atoms with E-state index in [-0.39, 0.29) is 17.9 Å². The van der Waals surface area contributed by atoms with Crippen molar-refractivity contribution in [3.05, 3.63) is 6.07 Å². The van der Waals surface area contributed by atoms with Gasteiger partial charge in [0.2, 0.25) is 11.9 Å². The van der Waals surface area contributed by atoms with Crippen molar-refractivity contribution in [3.63, 3.8) is 0 Å². The molecular formula is C12H22N6O. The number of rotatable bonds is 6. The Morgan fingerprint density at radius 2 is 2.05 bits per heavy atom. The minimum Gasteiger partial charge on any atom is -0.370 e. The lowest BCUT2D eigenvalue weighted by molar-refractivity contribution is -0.129. The van der Waals surface area contributed by atoms with Crippen LogP contribution in [0.2, 0.25) is 0 Å². The van der Waals surface area contributed by atoms with Crippen molar-refractivity contribution in [2.24, 2.45) is 0 Å². The van der Waals surface area contributed by atoms with Crippen molar-refractivity contribution >= 4 is 23.5 Å². The zero-order valence-corrected chi connectivity index (χ0v) is 11.9. The lowest BCUT2D eigenvalue weighted by atomic mass is 10.3. The van der Waals surface area contributed by atoms with E-state index in [9.17, 15) is 4.79 Å². The van der Waals surface area contributed by atoms with Crippen molar-refractivity contribution in [1.82, 2.24) is 14.9 Å². The molecule has 1 amide bonds. The van der Waals surface area contributed by atoms with E-state index in [2.05, 4.69) is 27.5 Å². The number of hydrogen-bond acceptors (Lipinski definition) is 6. The molecule has 106 valence electrons. The fourth-order valence-corrected chi connectivity index (χ4v) is 1.55. The second-order valence-electron chi connectivity index (χ2n) is 4.52. The van der Waals surface area contributed by atoms with E-state index in [4.69, 9.17) is 5.73 Å². The lowest BCUT2D eigenvalue weighted by Gasteiger charge is -2.18. The van der Waals surface area contributed by atoms with Crippen LogP contribution in [0.15, 0.2) is 6.07 Å². The molecule has 0 spiro atoms. The van der Waals surface area contributed by atoms with Gasteiger partial charge >= 0.3 is 0 Å². The molecule has 0 radical (unpaired) electrons. The first kappa shape index (κ1) is 15.0. The maximum absolute atomic E-state index is 11.8. The molecule has 0 aromatic carbocycles. The topological polar surface area (TPSA) is 96.2 Å². The number of anilines is 3. The van der Waals surface area contributed by atoms with Crippen LogP contribution in [0.3, 0.4) is 0 Å². The zero-order chi connectivity index (χ0) is 14.4. The molecule has 7 nitrogen and oxygen atoms in total. The highest BCUT2D eigenvalue weighted by Crippen LogP contribution is 2.13. The summed E-state index contributed by atoms with van der Waals surface area (Å²) in [6.45, 7) is 4.65. The Kier molecular flexibility index (Phi) is 5.35. The molecule has 0 bridgehead atoms. The highest BCUT2D eigenvalue weighted by atomic mass is 16.2. The average Bonchev–Trinajstić information content (AvgIpc) is 2.34. The molecule has 0 fully saturated rings. The number of nitrogens with one attached hydrogen (secondary N) is 2. The third-order valence-corrected chi connectivity index (χ3v) is 2.48. The first-order valence-corrected chi connectivity index (χ1v) is 6.30. The van der Waals surface area contributed by atoms with Crippen LogP contribution in [0.1, 0.15) is 20.3 Å². The van der Waals surface area contributed by atoms with Gasteiger partial charge in [-0.05, 0) is 13.3 Å². The summed E-state index contributed by atoms with van der Waals surface area (Å²) < 4.78 is 0. The Labute approximate surface area is 113 Å². The molecule has 0 aliphatic heterocycles. The number of nitrogen functional groups attached to an aromatic ring is 1. The molecule has 19 heavy (non-hydrogen) atoms. The normalized spacial score (nSPS) is 11.8.